The van der Waals surface area contributed by atoms with Gasteiger partial charge >= 0.3 is 5.97 Å². The SMILES string of the molecule is CCOC(=O)CC(c1ccc(C)c(CO)c1)c1ccc2c(nnn2CC2CC2)c1C. The summed E-state index contributed by atoms with van der Waals surface area (Å²) >= 11 is 0. The van der Waals surface area contributed by atoms with E-state index < -0.39 is 0 Å². The van der Waals surface area contributed by atoms with E-state index in [1.807, 2.05) is 43.7 Å². The zero-order chi connectivity index (χ0) is 21.3. The summed E-state index contributed by atoms with van der Waals surface area (Å²) in [5, 5.41) is 18.6. The molecule has 0 amide bonds. The Kier molecular flexibility index (Phi) is 5.86. The number of nitrogens with zero attached hydrogens (tertiary/aromatic N) is 3. The minimum Gasteiger partial charge on any atom is -0.466 e. The molecule has 0 bridgehead atoms. The first kappa shape index (κ1) is 20.5. The van der Waals surface area contributed by atoms with Crippen molar-refractivity contribution in [3.05, 3.63) is 58.1 Å². The molecule has 1 saturated carbocycles. The Labute approximate surface area is 176 Å². The Morgan fingerprint density at radius 1 is 1.27 bits per heavy atom. The van der Waals surface area contributed by atoms with Gasteiger partial charge in [-0.1, -0.05) is 29.5 Å². The van der Waals surface area contributed by atoms with Crippen molar-refractivity contribution in [1.29, 1.82) is 0 Å². The summed E-state index contributed by atoms with van der Waals surface area (Å²) in [6.45, 7) is 7.09. The lowest BCUT2D eigenvalue weighted by Gasteiger charge is -2.21. The maximum Gasteiger partial charge on any atom is 0.306 e. The van der Waals surface area contributed by atoms with E-state index in [9.17, 15) is 9.90 Å². The van der Waals surface area contributed by atoms with E-state index in [2.05, 4.69) is 22.4 Å². The van der Waals surface area contributed by atoms with Crippen LogP contribution in [0.5, 0.6) is 0 Å². The predicted octanol–water partition coefficient (Wildman–Crippen LogP) is 4.04. The van der Waals surface area contributed by atoms with Crippen molar-refractivity contribution in [1.82, 2.24) is 15.0 Å². The molecule has 30 heavy (non-hydrogen) atoms. The number of carbonyl (C=O) groups is 1. The van der Waals surface area contributed by atoms with Crippen molar-refractivity contribution in [2.75, 3.05) is 6.61 Å². The lowest BCUT2D eigenvalue weighted by molar-refractivity contribution is -0.143. The lowest BCUT2D eigenvalue weighted by Crippen LogP contribution is -2.13. The summed E-state index contributed by atoms with van der Waals surface area (Å²) in [4.78, 5) is 12.4. The van der Waals surface area contributed by atoms with Gasteiger partial charge in [-0.2, -0.15) is 0 Å². The molecule has 1 aromatic heterocycles. The number of esters is 1. The number of fused-ring (bicyclic) bond motifs is 1. The number of rotatable bonds is 8. The number of aliphatic hydroxyl groups excluding tert-OH is 1. The van der Waals surface area contributed by atoms with Gasteiger partial charge in [0.05, 0.1) is 25.2 Å². The molecule has 1 atom stereocenters. The Balaban J connectivity index is 1.76. The minimum atomic E-state index is -0.231. The fourth-order valence-electron chi connectivity index (χ4n) is 4.11. The van der Waals surface area contributed by atoms with Crippen LogP contribution in [0.25, 0.3) is 11.0 Å². The van der Waals surface area contributed by atoms with Crippen molar-refractivity contribution < 1.29 is 14.6 Å². The molecule has 0 aliphatic heterocycles. The molecule has 1 heterocycles. The van der Waals surface area contributed by atoms with Crippen LogP contribution in [0.15, 0.2) is 30.3 Å². The van der Waals surface area contributed by atoms with Crippen LogP contribution in [0.3, 0.4) is 0 Å². The van der Waals surface area contributed by atoms with E-state index in [0.29, 0.717) is 6.61 Å². The molecule has 2 aromatic carbocycles. The molecule has 0 spiro atoms. The van der Waals surface area contributed by atoms with E-state index in [-0.39, 0.29) is 24.9 Å². The number of aryl methyl sites for hydroxylation is 2. The van der Waals surface area contributed by atoms with E-state index in [0.717, 1.165) is 51.3 Å². The van der Waals surface area contributed by atoms with Crippen LogP contribution in [0.2, 0.25) is 0 Å². The molecule has 158 valence electrons. The van der Waals surface area contributed by atoms with Crippen molar-refractivity contribution in [3.63, 3.8) is 0 Å². The maximum absolute atomic E-state index is 12.4. The van der Waals surface area contributed by atoms with Crippen molar-refractivity contribution >= 4 is 17.0 Å². The van der Waals surface area contributed by atoms with E-state index in [1.54, 1.807) is 0 Å². The lowest BCUT2D eigenvalue weighted by atomic mass is 9.84. The second-order valence-electron chi connectivity index (χ2n) is 8.27. The molecule has 6 nitrogen and oxygen atoms in total. The maximum atomic E-state index is 12.4. The standard InChI is InChI=1S/C24H29N3O3/c1-4-30-23(29)12-21(18-8-5-15(2)19(11-18)14-28)20-9-10-22-24(16(20)3)25-26-27(22)13-17-6-7-17/h5,8-11,17,21,28H,4,6-7,12-14H2,1-3H3. The van der Waals surface area contributed by atoms with Gasteiger partial charge in [0.1, 0.15) is 5.52 Å². The van der Waals surface area contributed by atoms with Gasteiger partial charge in [0.25, 0.3) is 0 Å². The zero-order valence-electron chi connectivity index (χ0n) is 17.9. The number of benzene rings is 2. The van der Waals surface area contributed by atoms with Gasteiger partial charge in [0, 0.05) is 12.5 Å². The van der Waals surface area contributed by atoms with Crippen molar-refractivity contribution in [2.24, 2.45) is 5.92 Å². The Morgan fingerprint density at radius 3 is 2.77 bits per heavy atom. The van der Waals surface area contributed by atoms with Gasteiger partial charge in [-0.3, -0.25) is 4.79 Å². The highest BCUT2D eigenvalue weighted by atomic mass is 16.5. The number of hydrogen-bond donors (Lipinski definition) is 1. The average Bonchev–Trinajstić information content (AvgIpc) is 3.46. The molecule has 4 rings (SSSR count). The zero-order valence-corrected chi connectivity index (χ0v) is 17.9. The number of ether oxygens (including phenoxy) is 1. The molecule has 1 unspecified atom stereocenters. The van der Waals surface area contributed by atoms with E-state index in [1.165, 1.54) is 12.8 Å². The van der Waals surface area contributed by atoms with Gasteiger partial charge in [0.15, 0.2) is 0 Å². The Hall–Kier alpha value is -2.73. The van der Waals surface area contributed by atoms with Crippen molar-refractivity contribution in [3.8, 4) is 0 Å². The Bertz CT molecular complexity index is 1070. The van der Waals surface area contributed by atoms with Crippen LogP contribution in [-0.2, 0) is 22.7 Å². The molecule has 1 aliphatic carbocycles. The highest BCUT2D eigenvalue weighted by molar-refractivity contribution is 5.80. The van der Waals surface area contributed by atoms with Gasteiger partial charge in [-0.25, -0.2) is 4.68 Å². The number of aromatic nitrogens is 3. The third-order valence-electron chi connectivity index (χ3n) is 6.11. The number of aliphatic hydroxyl groups is 1. The molecular weight excluding hydrogens is 378 g/mol. The molecule has 3 aromatic rings. The first-order valence-corrected chi connectivity index (χ1v) is 10.7. The third-order valence-corrected chi connectivity index (χ3v) is 6.11. The fourth-order valence-corrected chi connectivity index (χ4v) is 4.11. The minimum absolute atomic E-state index is 0.0285. The number of hydrogen-bond acceptors (Lipinski definition) is 5. The average molecular weight is 408 g/mol. The summed E-state index contributed by atoms with van der Waals surface area (Å²) in [5.41, 5.74) is 6.90. The quantitative estimate of drug-likeness (QED) is 0.571. The van der Waals surface area contributed by atoms with Gasteiger partial charge in [-0.05, 0) is 73.4 Å². The predicted molar refractivity (Wildman–Crippen MR) is 115 cm³/mol. The molecule has 0 radical (unpaired) electrons. The fraction of sp³-hybridized carbons (Fsp3) is 0.458. The van der Waals surface area contributed by atoms with Crippen LogP contribution in [0.4, 0.5) is 0 Å². The molecule has 0 saturated heterocycles. The number of carbonyl (C=O) groups excluding carboxylic acids is 1. The first-order chi connectivity index (χ1) is 14.5. The topological polar surface area (TPSA) is 77.2 Å². The molecular formula is C24H29N3O3. The molecule has 1 N–H and O–H groups in total. The van der Waals surface area contributed by atoms with Crippen LogP contribution >= 0.6 is 0 Å². The van der Waals surface area contributed by atoms with E-state index in [4.69, 9.17) is 4.74 Å². The third kappa shape index (κ3) is 4.10. The second-order valence-corrected chi connectivity index (χ2v) is 8.27. The largest absolute Gasteiger partial charge is 0.466 e. The Morgan fingerprint density at radius 2 is 2.07 bits per heavy atom. The smallest absolute Gasteiger partial charge is 0.306 e. The molecule has 1 aliphatic rings. The summed E-state index contributed by atoms with van der Waals surface area (Å²) in [5.74, 6) is 0.314. The van der Waals surface area contributed by atoms with Crippen LogP contribution < -0.4 is 0 Å². The van der Waals surface area contributed by atoms with Crippen LogP contribution in [0, 0.1) is 19.8 Å². The normalized spacial score (nSPS) is 14.8. The van der Waals surface area contributed by atoms with Gasteiger partial charge < -0.3 is 9.84 Å². The summed E-state index contributed by atoms with van der Waals surface area (Å²) in [6, 6.07) is 10.2. The van der Waals surface area contributed by atoms with E-state index >= 15 is 0 Å². The summed E-state index contributed by atoms with van der Waals surface area (Å²) < 4.78 is 7.26. The second kappa shape index (κ2) is 8.56. The summed E-state index contributed by atoms with van der Waals surface area (Å²) in [7, 11) is 0. The highest BCUT2D eigenvalue weighted by Gasteiger charge is 2.26. The van der Waals surface area contributed by atoms with Gasteiger partial charge in [-0.15, -0.1) is 5.10 Å². The molecule has 6 heteroatoms. The van der Waals surface area contributed by atoms with Crippen LogP contribution in [-0.4, -0.2) is 32.7 Å². The monoisotopic (exact) mass is 407 g/mol. The van der Waals surface area contributed by atoms with Crippen LogP contribution in [0.1, 0.15) is 59.9 Å². The highest BCUT2D eigenvalue weighted by Crippen LogP contribution is 2.36. The summed E-state index contributed by atoms with van der Waals surface area (Å²) in [6.07, 6.45) is 2.77. The first-order valence-electron chi connectivity index (χ1n) is 10.7. The molecule has 1 fully saturated rings. The van der Waals surface area contributed by atoms with Crippen molar-refractivity contribution in [2.45, 2.75) is 59.1 Å². The van der Waals surface area contributed by atoms with Gasteiger partial charge in [0.2, 0.25) is 0 Å².